The molecule has 0 amide bonds. The van der Waals surface area contributed by atoms with E-state index in [0.29, 0.717) is 22.1 Å². The molecule has 3 aromatic carbocycles. The molecule has 8 heteroatoms. The largest absolute Gasteiger partial charge is 0.494 e. The molecule has 0 atom stereocenters. The van der Waals surface area contributed by atoms with E-state index in [-0.39, 0.29) is 11.3 Å². The maximum atomic E-state index is 14.1. The van der Waals surface area contributed by atoms with Crippen molar-refractivity contribution in [1.82, 2.24) is 19.2 Å². The Hall–Kier alpha value is -3.65. The van der Waals surface area contributed by atoms with E-state index in [1.807, 2.05) is 66.8 Å². The van der Waals surface area contributed by atoms with Crippen molar-refractivity contribution >= 4 is 28.4 Å². The predicted octanol–water partition coefficient (Wildman–Crippen LogP) is 5.09. The van der Waals surface area contributed by atoms with E-state index in [0.717, 1.165) is 27.9 Å². The molecule has 33 heavy (non-hydrogen) atoms. The molecule has 0 aliphatic rings. The highest BCUT2D eigenvalue weighted by Gasteiger charge is 2.19. The van der Waals surface area contributed by atoms with Crippen molar-refractivity contribution in [2.24, 2.45) is 0 Å². The molecule has 0 saturated heterocycles. The molecule has 0 radical (unpaired) electrons. The molecule has 6 nitrogen and oxygen atoms in total. The van der Waals surface area contributed by atoms with Gasteiger partial charge in [0.15, 0.2) is 16.7 Å². The fourth-order valence-corrected chi connectivity index (χ4v) is 4.80. The van der Waals surface area contributed by atoms with Crippen molar-refractivity contribution in [3.05, 3.63) is 93.5 Å². The van der Waals surface area contributed by atoms with Crippen molar-refractivity contribution in [3.63, 3.8) is 0 Å². The minimum atomic E-state index is -0.407. The number of hydrogen-bond donors (Lipinski definition) is 0. The second-order valence-electron chi connectivity index (χ2n) is 7.75. The van der Waals surface area contributed by atoms with Crippen LogP contribution in [0, 0.1) is 19.7 Å². The Kier molecular flexibility index (Phi) is 5.38. The highest BCUT2D eigenvalue weighted by Crippen LogP contribution is 2.28. The minimum Gasteiger partial charge on any atom is -0.494 e. The molecule has 2 aromatic heterocycles. The van der Waals surface area contributed by atoms with E-state index in [4.69, 9.17) is 4.74 Å². The first-order valence-electron chi connectivity index (χ1n) is 10.4. The highest BCUT2D eigenvalue weighted by atomic mass is 32.2. The number of benzene rings is 3. The number of nitrogens with zero attached hydrogens (tertiary/aromatic N) is 4. The van der Waals surface area contributed by atoms with Gasteiger partial charge in [0.05, 0.1) is 23.7 Å². The van der Waals surface area contributed by atoms with Crippen LogP contribution in [0.5, 0.6) is 5.75 Å². The van der Waals surface area contributed by atoms with E-state index >= 15 is 0 Å². The maximum Gasteiger partial charge on any atom is 0.267 e. The van der Waals surface area contributed by atoms with Gasteiger partial charge >= 0.3 is 0 Å². The van der Waals surface area contributed by atoms with Crippen LogP contribution < -0.4 is 10.3 Å². The molecular weight excluding hydrogens is 439 g/mol. The Morgan fingerprint density at radius 2 is 1.85 bits per heavy atom. The lowest BCUT2D eigenvalue weighted by atomic mass is 10.1. The van der Waals surface area contributed by atoms with Gasteiger partial charge in [0, 0.05) is 5.75 Å². The fourth-order valence-electron chi connectivity index (χ4n) is 3.91. The lowest BCUT2D eigenvalue weighted by Crippen LogP contribution is -2.22. The summed E-state index contributed by atoms with van der Waals surface area (Å²) >= 11 is 1.43. The Balaban J connectivity index is 1.68. The molecule has 0 N–H and O–H groups in total. The molecule has 0 saturated carbocycles. The second kappa shape index (κ2) is 8.37. The molecule has 166 valence electrons. The van der Waals surface area contributed by atoms with Crippen LogP contribution in [0.15, 0.2) is 70.6 Å². The summed E-state index contributed by atoms with van der Waals surface area (Å²) in [5.74, 6) is 0.727. The SMILES string of the molecule is COc1ccc(CSc2nnc3n(-c4cccc(C)c4C)c(=O)c4ccccc4n23)cc1F. The molecule has 5 aromatic rings. The van der Waals surface area contributed by atoms with Gasteiger partial charge in [-0.1, -0.05) is 42.1 Å². The molecule has 0 bridgehead atoms. The van der Waals surface area contributed by atoms with Crippen LogP contribution >= 0.6 is 11.8 Å². The van der Waals surface area contributed by atoms with Gasteiger partial charge in [0.1, 0.15) is 0 Å². The highest BCUT2D eigenvalue weighted by molar-refractivity contribution is 7.98. The summed E-state index contributed by atoms with van der Waals surface area (Å²) in [4.78, 5) is 13.5. The number of fused-ring (bicyclic) bond motifs is 3. The third-order valence-corrected chi connectivity index (χ3v) is 6.80. The maximum absolute atomic E-state index is 14.1. The van der Waals surface area contributed by atoms with Crippen molar-refractivity contribution in [2.45, 2.75) is 24.8 Å². The van der Waals surface area contributed by atoms with E-state index in [1.54, 1.807) is 10.6 Å². The van der Waals surface area contributed by atoms with Crippen LogP contribution in [0.4, 0.5) is 4.39 Å². The summed E-state index contributed by atoms with van der Waals surface area (Å²) in [7, 11) is 1.44. The first-order chi connectivity index (χ1) is 16.0. The summed E-state index contributed by atoms with van der Waals surface area (Å²) in [5.41, 5.74) is 4.24. The van der Waals surface area contributed by atoms with E-state index in [1.165, 1.54) is 24.9 Å². The third kappa shape index (κ3) is 3.56. The number of rotatable bonds is 5. The quantitative estimate of drug-likeness (QED) is 0.342. The van der Waals surface area contributed by atoms with E-state index in [9.17, 15) is 9.18 Å². The van der Waals surface area contributed by atoms with Crippen LogP contribution in [0.3, 0.4) is 0 Å². The van der Waals surface area contributed by atoms with Crippen molar-refractivity contribution in [1.29, 1.82) is 0 Å². The molecule has 0 unspecified atom stereocenters. The van der Waals surface area contributed by atoms with Gasteiger partial charge in [0.2, 0.25) is 5.78 Å². The van der Waals surface area contributed by atoms with Crippen LogP contribution in [-0.4, -0.2) is 26.3 Å². The average Bonchev–Trinajstić information content (AvgIpc) is 3.24. The van der Waals surface area contributed by atoms with Crippen molar-refractivity contribution in [3.8, 4) is 11.4 Å². The number of para-hydroxylation sites is 1. The van der Waals surface area contributed by atoms with Crippen LogP contribution in [0.1, 0.15) is 16.7 Å². The molecule has 0 spiro atoms. The zero-order chi connectivity index (χ0) is 23.1. The monoisotopic (exact) mass is 460 g/mol. The zero-order valence-corrected chi connectivity index (χ0v) is 19.2. The van der Waals surface area contributed by atoms with Gasteiger partial charge in [-0.25, -0.2) is 8.96 Å². The Morgan fingerprint density at radius 1 is 1.03 bits per heavy atom. The summed E-state index contributed by atoms with van der Waals surface area (Å²) in [6.07, 6.45) is 0. The smallest absolute Gasteiger partial charge is 0.267 e. The Labute approximate surface area is 193 Å². The van der Waals surface area contributed by atoms with Crippen molar-refractivity contribution in [2.75, 3.05) is 7.11 Å². The number of methoxy groups -OCH3 is 1. The average molecular weight is 461 g/mol. The lowest BCUT2D eigenvalue weighted by Gasteiger charge is -2.14. The predicted molar refractivity (Wildman–Crippen MR) is 128 cm³/mol. The molecular formula is C25H21FN4O2S. The summed E-state index contributed by atoms with van der Waals surface area (Å²) in [6.45, 7) is 4.01. The van der Waals surface area contributed by atoms with Gasteiger partial charge < -0.3 is 4.74 Å². The number of thioether (sulfide) groups is 1. The first kappa shape index (κ1) is 21.2. The summed E-state index contributed by atoms with van der Waals surface area (Å²) in [5, 5.41) is 9.98. The number of ether oxygens (including phenoxy) is 1. The van der Waals surface area contributed by atoms with Gasteiger partial charge in [-0.15, -0.1) is 10.2 Å². The zero-order valence-electron chi connectivity index (χ0n) is 18.4. The van der Waals surface area contributed by atoms with Crippen LogP contribution in [0.25, 0.3) is 22.4 Å². The Morgan fingerprint density at radius 3 is 2.64 bits per heavy atom. The molecule has 5 rings (SSSR count). The summed E-state index contributed by atoms with van der Waals surface area (Å²) in [6, 6.07) is 18.2. The topological polar surface area (TPSA) is 61.4 Å². The van der Waals surface area contributed by atoms with Crippen molar-refractivity contribution < 1.29 is 9.13 Å². The fraction of sp³-hybridized carbons (Fsp3) is 0.160. The van der Waals surface area contributed by atoms with Crippen LogP contribution in [-0.2, 0) is 5.75 Å². The van der Waals surface area contributed by atoms with Crippen LogP contribution in [0.2, 0.25) is 0 Å². The van der Waals surface area contributed by atoms with Gasteiger partial charge in [-0.05, 0) is 60.9 Å². The molecule has 0 aliphatic heterocycles. The second-order valence-corrected chi connectivity index (χ2v) is 8.69. The number of halogens is 1. The lowest BCUT2D eigenvalue weighted by molar-refractivity contribution is 0.386. The van der Waals surface area contributed by atoms with Gasteiger partial charge in [-0.3, -0.25) is 9.20 Å². The molecule has 0 fully saturated rings. The standard InChI is InChI=1S/C25H21FN4O2S/c1-15-7-6-10-20(16(15)2)29-23(31)18-8-4-5-9-21(18)30-24(29)27-28-25(30)33-14-17-11-12-22(32-3)19(26)13-17/h4-13H,14H2,1-3H3. The minimum absolute atomic E-state index is 0.145. The number of aromatic nitrogens is 4. The van der Waals surface area contributed by atoms with Gasteiger partial charge in [-0.2, -0.15) is 0 Å². The molecule has 2 heterocycles. The Bertz CT molecular complexity index is 1570. The third-order valence-electron chi connectivity index (χ3n) is 5.80. The number of hydrogen-bond acceptors (Lipinski definition) is 5. The van der Waals surface area contributed by atoms with E-state index in [2.05, 4.69) is 10.2 Å². The molecule has 0 aliphatic carbocycles. The normalized spacial score (nSPS) is 11.4. The first-order valence-corrected chi connectivity index (χ1v) is 11.4. The summed E-state index contributed by atoms with van der Waals surface area (Å²) < 4.78 is 22.6. The van der Waals surface area contributed by atoms with E-state index < -0.39 is 5.82 Å². The van der Waals surface area contributed by atoms with Gasteiger partial charge in [0.25, 0.3) is 5.56 Å². The number of aryl methyl sites for hydroxylation is 1.